The van der Waals surface area contributed by atoms with Gasteiger partial charge in [0.1, 0.15) is 11.0 Å². The van der Waals surface area contributed by atoms with E-state index in [1.54, 1.807) is 0 Å². The third-order valence-electron chi connectivity index (χ3n) is 3.76. The van der Waals surface area contributed by atoms with Gasteiger partial charge in [-0.05, 0) is 38.5 Å². The molecule has 2 N–H and O–H groups in total. The predicted molar refractivity (Wildman–Crippen MR) is 66.6 cm³/mol. The van der Waals surface area contributed by atoms with Gasteiger partial charge in [0.2, 0.25) is 0 Å². The number of aryl methyl sites for hydroxylation is 1. The Morgan fingerprint density at radius 2 is 2.06 bits per heavy atom. The van der Waals surface area contributed by atoms with E-state index >= 15 is 0 Å². The lowest BCUT2D eigenvalue weighted by Gasteiger charge is -2.30. The highest BCUT2D eigenvalue weighted by Gasteiger charge is 2.26. The molecule has 1 aromatic heterocycles. The van der Waals surface area contributed by atoms with Crippen LogP contribution >= 0.6 is 11.6 Å². The minimum atomic E-state index is 0.325. The molecule has 1 aromatic rings. The minimum Gasteiger partial charge on any atom is -0.336 e. The zero-order chi connectivity index (χ0) is 11.7. The molecule has 0 radical (unpaired) electrons. The largest absolute Gasteiger partial charge is 0.336 e. The minimum absolute atomic E-state index is 0.325. The Morgan fingerprint density at radius 1 is 1.44 bits per heavy atom. The first-order chi connectivity index (χ1) is 7.58. The molecule has 2 rings (SSSR count). The molecule has 1 saturated carbocycles. The summed E-state index contributed by atoms with van der Waals surface area (Å²) in [7, 11) is 2.02. The van der Waals surface area contributed by atoms with Crippen LogP contribution < -0.4 is 5.73 Å². The van der Waals surface area contributed by atoms with Crippen LogP contribution in [-0.4, -0.2) is 15.6 Å². The molecule has 1 heterocycles. The third kappa shape index (κ3) is 2.41. The highest BCUT2D eigenvalue weighted by Crippen LogP contribution is 2.36. The van der Waals surface area contributed by atoms with E-state index in [9.17, 15) is 0 Å². The van der Waals surface area contributed by atoms with Gasteiger partial charge in [-0.3, -0.25) is 0 Å². The van der Waals surface area contributed by atoms with E-state index in [1.807, 2.05) is 13.2 Å². The molecular formula is C12H20ClN3. The number of rotatable bonds is 2. The third-order valence-corrected chi connectivity index (χ3v) is 3.95. The van der Waals surface area contributed by atoms with Gasteiger partial charge in [0.05, 0.1) is 0 Å². The Kier molecular flexibility index (Phi) is 3.55. The van der Waals surface area contributed by atoms with Crippen molar-refractivity contribution in [1.82, 2.24) is 9.55 Å². The number of halogens is 1. The molecular weight excluding hydrogens is 222 g/mol. The van der Waals surface area contributed by atoms with Gasteiger partial charge in [-0.25, -0.2) is 4.98 Å². The second-order valence-corrected chi connectivity index (χ2v) is 5.39. The number of imidazole rings is 1. The smallest absolute Gasteiger partial charge is 0.147 e. The second kappa shape index (κ2) is 4.76. The summed E-state index contributed by atoms with van der Waals surface area (Å²) in [6.45, 7) is 2.11. The van der Waals surface area contributed by atoms with Crippen LogP contribution in [0.5, 0.6) is 0 Å². The summed E-state index contributed by atoms with van der Waals surface area (Å²) < 4.78 is 2.05. The molecule has 3 nitrogen and oxygen atoms in total. The van der Waals surface area contributed by atoms with Crippen LogP contribution in [0, 0.1) is 5.92 Å². The lowest BCUT2D eigenvalue weighted by atomic mass is 9.79. The fourth-order valence-corrected chi connectivity index (χ4v) is 2.96. The Hall–Kier alpha value is -0.540. The average molecular weight is 242 g/mol. The van der Waals surface area contributed by atoms with Gasteiger partial charge < -0.3 is 10.3 Å². The van der Waals surface area contributed by atoms with Crippen LogP contribution in [0.15, 0.2) is 6.20 Å². The van der Waals surface area contributed by atoms with Gasteiger partial charge in [0.15, 0.2) is 0 Å². The van der Waals surface area contributed by atoms with Crippen molar-refractivity contribution in [3.05, 3.63) is 17.2 Å². The van der Waals surface area contributed by atoms with E-state index in [-0.39, 0.29) is 0 Å². The summed E-state index contributed by atoms with van der Waals surface area (Å²) in [6.07, 6.45) is 6.69. The first-order valence-electron chi connectivity index (χ1n) is 6.02. The first kappa shape index (κ1) is 11.9. The fourth-order valence-electron chi connectivity index (χ4n) is 2.73. The summed E-state index contributed by atoms with van der Waals surface area (Å²) >= 11 is 5.91. The van der Waals surface area contributed by atoms with Gasteiger partial charge in [0, 0.05) is 25.2 Å². The van der Waals surface area contributed by atoms with Crippen LogP contribution in [0.2, 0.25) is 5.15 Å². The van der Waals surface area contributed by atoms with Gasteiger partial charge in [0.25, 0.3) is 0 Å². The molecule has 90 valence electrons. The summed E-state index contributed by atoms with van der Waals surface area (Å²) in [4.78, 5) is 4.40. The lowest BCUT2D eigenvalue weighted by molar-refractivity contribution is 0.284. The maximum atomic E-state index is 5.94. The molecule has 0 bridgehead atoms. The fraction of sp³-hybridized carbons (Fsp3) is 0.750. The zero-order valence-electron chi connectivity index (χ0n) is 9.99. The van der Waals surface area contributed by atoms with Crippen molar-refractivity contribution in [2.45, 2.75) is 44.6 Å². The molecule has 0 aromatic carbocycles. The van der Waals surface area contributed by atoms with Crippen LogP contribution in [-0.2, 0) is 7.05 Å². The summed E-state index contributed by atoms with van der Waals surface area (Å²) in [5.41, 5.74) is 5.94. The highest BCUT2D eigenvalue weighted by molar-refractivity contribution is 6.29. The van der Waals surface area contributed by atoms with Crippen molar-refractivity contribution in [2.24, 2.45) is 18.7 Å². The van der Waals surface area contributed by atoms with E-state index in [2.05, 4.69) is 16.5 Å². The normalized spacial score (nSPS) is 28.0. The number of hydrogen-bond donors (Lipinski definition) is 1. The Balaban J connectivity index is 2.01. The van der Waals surface area contributed by atoms with Crippen molar-refractivity contribution >= 4 is 11.6 Å². The molecule has 16 heavy (non-hydrogen) atoms. The first-order valence-corrected chi connectivity index (χ1v) is 6.40. The van der Waals surface area contributed by atoms with Crippen LogP contribution in [0.3, 0.4) is 0 Å². The number of aromatic nitrogens is 2. The van der Waals surface area contributed by atoms with Crippen LogP contribution in [0.1, 0.15) is 44.3 Å². The maximum Gasteiger partial charge on any atom is 0.147 e. The van der Waals surface area contributed by atoms with Crippen molar-refractivity contribution in [3.8, 4) is 0 Å². The summed E-state index contributed by atoms with van der Waals surface area (Å²) in [5.74, 6) is 2.38. The molecule has 1 aliphatic rings. The molecule has 0 aliphatic heterocycles. The summed E-state index contributed by atoms with van der Waals surface area (Å²) in [5, 5.41) is 0.604. The molecule has 0 saturated heterocycles. The molecule has 4 heteroatoms. The standard InChI is InChI=1S/C12H20ClN3/c1-8(14)9-3-5-10(6-4-9)12-15-11(13)7-16(12)2/h7-10H,3-6,14H2,1-2H3. The molecule has 1 fully saturated rings. The Bertz CT molecular complexity index is 351. The lowest BCUT2D eigenvalue weighted by Crippen LogP contribution is -2.30. The van der Waals surface area contributed by atoms with Crippen molar-refractivity contribution < 1.29 is 0 Å². The van der Waals surface area contributed by atoms with Crippen LogP contribution in [0.25, 0.3) is 0 Å². The Morgan fingerprint density at radius 3 is 2.50 bits per heavy atom. The monoisotopic (exact) mass is 241 g/mol. The SMILES string of the molecule is CC(N)C1CCC(c2nc(Cl)cn2C)CC1. The van der Waals surface area contributed by atoms with Gasteiger partial charge in [-0.15, -0.1) is 0 Å². The van der Waals surface area contributed by atoms with E-state index < -0.39 is 0 Å². The molecule has 1 unspecified atom stereocenters. The maximum absolute atomic E-state index is 5.94. The van der Waals surface area contributed by atoms with Crippen molar-refractivity contribution in [3.63, 3.8) is 0 Å². The van der Waals surface area contributed by atoms with Gasteiger partial charge >= 0.3 is 0 Å². The number of hydrogen-bond acceptors (Lipinski definition) is 2. The molecule has 0 spiro atoms. The van der Waals surface area contributed by atoms with E-state index in [0.717, 1.165) is 5.82 Å². The van der Waals surface area contributed by atoms with Crippen molar-refractivity contribution in [1.29, 1.82) is 0 Å². The van der Waals surface area contributed by atoms with Gasteiger partial charge in [-0.1, -0.05) is 11.6 Å². The second-order valence-electron chi connectivity index (χ2n) is 5.00. The summed E-state index contributed by atoms with van der Waals surface area (Å²) in [6, 6.07) is 0.325. The molecule has 0 amide bonds. The molecule has 1 atom stereocenters. The van der Waals surface area contributed by atoms with Gasteiger partial charge in [-0.2, -0.15) is 0 Å². The number of nitrogens with two attached hydrogens (primary N) is 1. The predicted octanol–water partition coefficient (Wildman–Crippen LogP) is 2.69. The number of nitrogens with zero attached hydrogens (tertiary/aromatic N) is 2. The van der Waals surface area contributed by atoms with Crippen molar-refractivity contribution in [2.75, 3.05) is 0 Å². The molecule has 1 aliphatic carbocycles. The Labute approximate surface area is 102 Å². The van der Waals surface area contributed by atoms with Crippen LogP contribution in [0.4, 0.5) is 0 Å². The highest BCUT2D eigenvalue weighted by atomic mass is 35.5. The zero-order valence-corrected chi connectivity index (χ0v) is 10.7. The average Bonchev–Trinajstić information content (AvgIpc) is 2.58. The quantitative estimate of drug-likeness (QED) is 0.865. The van der Waals surface area contributed by atoms with E-state index in [1.165, 1.54) is 25.7 Å². The van der Waals surface area contributed by atoms with E-state index in [0.29, 0.717) is 23.0 Å². The topological polar surface area (TPSA) is 43.8 Å². The van der Waals surface area contributed by atoms with E-state index in [4.69, 9.17) is 17.3 Å².